The highest BCUT2D eigenvalue weighted by molar-refractivity contribution is 5.68. The third-order valence-electron chi connectivity index (χ3n) is 4.14. The van der Waals surface area contributed by atoms with Crippen LogP contribution in [0.2, 0.25) is 0 Å². The molecule has 0 fully saturated rings. The molecule has 12 nitrogen and oxygen atoms in total. The molecule has 0 aromatic heterocycles. The molecule has 33 heavy (non-hydrogen) atoms. The van der Waals surface area contributed by atoms with Crippen molar-refractivity contribution in [1.29, 1.82) is 0 Å². The molecule has 2 amide bonds. The quantitative estimate of drug-likeness (QED) is 0.159. The van der Waals surface area contributed by atoms with E-state index in [0.717, 1.165) is 0 Å². The number of ether oxygens (including phenoxy) is 3. The van der Waals surface area contributed by atoms with E-state index in [1.54, 1.807) is 27.7 Å². The van der Waals surface area contributed by atoms with Crippen molar-refractivity contribution in [3.63, 3.8) is 0 Å². The summed E-state index contributed by atoms with van der Waals surface area (Å²) < 4.78 is 15.3. The van der Waals surface area contributed by atoms with Gasteiger partial charge in [0.1, 0.15) is 11.4 Å². The van der Waals surface area contributed by atoms with Crippen molar-refractivity contribution in [3.05, 3.63) is 34.4 Å². The molecule has 0 aliphatic carbocycles. The van der Waals surface area contributed by atoms with E-state index in [1.807, 2.05) is 0 Å². The summed E-state index contributed by atoms with van der Waals surface area (Å²) in [4.78, 5) is 46.5. The van der Waals surface area contributed by atoms with Crippen LogP contribution in [0, 0.1) is 10.1 Å². The molecule has 0 aliphatic rings. The van der Waals surface area contributed by atoms with E-state index in [0.29, 0.717) is 32.4 Å². The number of carbonyl (C=O) groups is 3. The molecule has 1 rings (SSSR count). The highest BCUT2D eigenvalue weighted by Crippen LogP contribution is 2.18. The van der Waals surface area contributed by atoms with E-state index in [9.17, 15) is 24.5 Å². The number of rotatable bonds is 11. The van der Waals surface area contributed by atoms with Gasteiger partial charge in [-0.15, -0.1) is 0 Å². The van der Waals surface area contributed by atoms with Crippen LogP contribution < -0.4 is 10.1 Å². The molecule has 184 valence electrons. The number of carboxylic acid groups (broad SMARTS) is 1. The van der Waals surface area contributed by atoms with Gasteiger partial charge in [0, 0.05) is 31.3 Å². The number of non-ortho nitro benzene ring substituents is 1. The second-order valence-electron chi connectivity index (χ2n) is 8.27. The fourth-order valence-corrected chi connectivity index (χ4v) is 2.58. The fraction of sp³-hybridized carbons (Fsp3) is 0.571. The number of hydrogen-bond acceptors (Lipinski definition) is 8. The first-order chi connectivity index (χ1) is 15.4. The molecular weight excluding hydrogens is 438 g/mol. The van der Waals surface area contributed by atoms with E-state index < -0.39 is 28.9 Å². The maximum atomic E-state index is 12.5. The lowest BCUT2D eigenvalue weighted by Gasteiger charge is -2.28. The Labute approximate surface area is 191 Å². The molecular formula is C21H31N3O9. The summed E-state index contributed by atoms with van der Waals surface area (Å²) in [5.74, 6) is 0.116. The number of hydrogen-bond donors (Lipinski definition) is 2. The number of nitrogens with zero attached hydrogens (tertiary/aromatic N) is 2. The van der Waals surface area contributed by atoms with Crippen molar-refractivity contribution in [2.45, 2.75) is 58.6 Å². The van der Waals surface area contributed by atoms with Crippen LogP contribution in [0.5, 0.6) is 5.75 Å². The lowest BCUT2D eigenvalue weighted by atomic mass is 10.2. The predicted octanol–water partition coefficient (Wildman–Crippen LogP) is 4.17. The summed E-state index contributed by atoms with van der Waals surface area (Å²) in [5, 5.41) is 21.8. The SMILES string of the molecule is C[C@H](CCN(CCCCOC(=O)Oc1ccc([N+](=O)[O-])cc1)C(=O)OC(C)(C)C)NC(=O)O. The van der Waals surface area contributed by atoms with Crippen LogP contribution in [0.15, 0.2) is 24.3 Å². The minimum Gasteiger partial charge on any atom is -0.465 e. The zero-order valence-electron chi connectivity index (χ0n) is 19.2. The van der Waals surface area contributed by atoms with Crippen LogP contribution in [0.1, 0.15) is 47.0 Å². The predicted molar refractivity (Wildman–Crippen MR) is 117 cm³/mol. The standard InChI is InChI=1S/C21H31N3O9/c1-15(22-18(25)26)11-13-23(19(27)33-21(2,3)4)12-5-6-14-31-20(28)32-17-9-7-16(8-10-17)24(29)30/h7-10,15,22H,5-6,11-14H2,1-4H3,(H,25,26)/t15-/m1/s1. The average Bonchev–Trinajstić information content (AvgIpc) is 2.68. The van der Waals surface area contributed by atoms with Crippen molar-refractivity contribution < 1.29 is 38.6 Å². The minimum absolute atomic E-state index is 0.0466. The third kappa shape index (κ3) is 12.1. The molecule has 0 aliphatic heterocycles. The summed E-state index contributed by atoms with van der Waals surface area (Å²) in [5.41, 5.74) is -0.802. The van der Waals surface area contributed by atoms with Gasteiger partial charge in [-0.2, -0.15) is 0 Å². The van der Waals surface area contributed by atoms with Gasteiger partial charge in [-0.1, -0.05) is 0 Å². The maximum Gasteiger partial charge on any atom is 0.513 e. The van der Waals surface area contributed by atoms with Gasteiger partial charge in [-0.05, 0) is 59.1 Å². The lowest BCUT2D eigenvalue weighted by molar-refractivity contribution is -0.384. The van der Waals surface area contributed by atoms with Gasteiger partial charge in [0.15, 0.2) is 0 Å². The minimum atomic E-state index is -1.14. The smallest absolute Gasteiger partial charge is 0.465 e. The number of nitro benzene ring substituents is 1. The van der Waals surface area contributed by atoms with Gasteiger partial charge >= 0.3 is 18.3 Å². The Hall–Kier alpha value is -3.57. The number of nitro groups is 1. The van der Waals surface area contributed by atoms with Crippen LogP contribution >= 0.6 is 0 Å². The zero-order chi connectivity index (χ0) is 25.0. The summed E-state index contributed by atoms with van der Waals surface area (Å²) >= 11 is 0. The second kappa shape index (κ2) is 13.1. The first-order valence-electron chi connectivity index (χ1n) is 10.4. The van der Waals surface area contributed by atoms with Crippen LogP contribution in [-0.2, 0) is 9.47 Å². The molecule has 0 heterocycles. The molecule has 0 saturated heterocycles. The van der Waals surface area contributed by atoms with Crippen molar-refractivity contribution >= 4 is 24.0 Å². The van der Waals surface area contributed by atoms with Gasteiger partial charge < -0.3 is 29.5 Å². The largest absolute Gasteiger partial charge is 0.513 e. The number of unbranched alkanes of at least 4 members (excludes halogenated alkanes) is 1. The monoisotopic (exact) mass is 469 g/mol. The van der Waals surface area contributed by atoms with E-state index >= 15 is 0 Å². The highest BCUT2D eigenvalue weighted by Gasteiger charge is 2.22. The Morgan fingerprint density at radius 3 is 2.33 bits per heavy atom. The van der Waals surface area contributed by atoms with Gasteiger partial charge in [0.25, 0.3) is 5.69 Å². The molecule has 1 aromatic carbocycles. The molecule has 0 spiro atoms. The van der Waals surface area contributed by atoms with E-state index in [4.69, 9.17) is 19.3 Å². The molecule has 1 atom stereocenters. The molecule has 12 heteroatoms. The zero-order valence-corrected chi connectivity index (χ0v) is 19.2. The third-order valence-corrected chi connectivity index (χ3v) is 4.14. The van der Waals surface area contributed by atoms with E-state index in [1.165, 1.54) is 29.2 Å². The molecule has 0 saturated carbocycles. The Morgan fingerprint density at radius 2 is 1.79 bits per heavy atom. The number of benzene rings is 1. The topological polar surface area (TPSA) is 158 Å². The van der Waals surface area contributed by atoms with Crippen molar-refractivity contribution in [2.75, 3.05) is 19.7 Å². The van der Waals surface area contributed by atoms with E-state index in [-0.39, 0.29) is 24.1 Å². The van der Waals surface area contributed by atoms with Gasteiger partial charge in [0.2, 0.25) is 0 Å². The first-order valence-corrected chi connectivity index (χ1v) is 10.4. The summed E-state index contributed by atoms with van der Waals surface area (Å²) in [6, 6.07) is 4.66. The normalized spacial score (nSPS) is 11.8. The van der Waals surface area contributed by atoms with Gasteiger partial charge in [-0.25, -0.2) is 14.4 Å². The Balaban J connectivity index is 2.44. The van der Waals surface area contributed by atoms with Crippen molar-refractivity contribution in [2.24, 2.45) is 0 Å². The highest BCUT2D eigenvalue weighted by atomic mass is 16.7. The molecule has 0 bridgehead atoms. The first kappa shape index (κ1) is 27.5. The van der Waals surface area contributed by atoms with Gasteiger partial charge in [0.05, 0.1) is 11.5 Å². The molecule has 0 unspecified atom stereocenters. The Bertz CT molecular complexity index is 806. The van der Waals surface area contributed by atoms with Crippen molar-refractivity contribution in [3.8, 4) is 5.75 Å². The van der Waals surface area contributed by atoms with Crippen LogP contribution in [0.3, 0.4) is 0 Å². The van der Waals surface area contributed by atoms with Crippen LogP contribution in [-0.4, -0.2) is 64.6 Å². The summed E-state index contributed by atoms with van der Waals surface area (Å²) in [7, 11) is 0. The fourth-order valence-electron chi connectivity index (χ4n) is 2.58. The molecule has 1 aromatic rings. The van der Waals surface area contributed by atoms with Crippen molar-refractivity contribution in [1.82, 2.24) is 10.2 Å². The van der Waals surface area contributed by atoms with Gasteiger partial charge in [-0.3, -0.25) is 10.1 Å². The average molecular weight is 469 g/mol. The number of amides is 2. The summed E-state index contributed by atoms with van der Waals surface area (Å²) in [6.07, 6.45) is -1.24. The van der Waals surface area contributed by atoms with E-state index in [2.05, 4.69) is 5.32 Å². The molecule has 0 radical (unpaired) electrons. The number of carbonyl (C=O) groups excluding carboxylic acids is 2. The van der Waals surface area contributed by atoms with Crippen LogP contribution in [0.25, 0.3) is 0 Å². The molecule has 2 N–H and O–H groups in total. The second-order valence-corrected chi connectivity index (χ2v) is 8.27. The number of nitrogens with one attached hydrogen (secondary N) is 1. The maximum absolute atomic E-state index is 12.5. The summed E-state index contributed by atoms with van der Waals surface area (Å²) in [6.45, 7) is 7.62. The van der Waals surface area contributed by atoms with Crippen LogP contribution in [0.4, 0.5) is 20.1 Å². The lowest BCUT2D eigenvalue weighted by Crippen LogP contribution is -2.41. The Morgan fingerprint density at radius 1 is 1.15 bits per heavy atom. The Kier molecular flexibility index (Phi) is 10.9.